The maximum absolute atomic E-state index is 4.77. The minimum Gasteiger partial charge on any atom is -0.354 e. The molecule has 0 heterocycles. The Morgan fingerprint density at radius 2 is 1.26 bits per heavy atom. The van der Waals surface area contributed by atoms with E-state index in [2.05, 4.69) is 55.6 Å². The smallest absolute Gasteiger partial charge is 0.0871 e. The summed E-state index contributed by atoms with van der Waals surface area (Å²) in [5.41, 5.74) is 5.48. The van der Waals surface area contributed by atoms with Crippen LogP contribution < -0.4 is 10.7 Å². The molecule has 0 saturated carbocycles. The third kappa shape index (κ3) is 4.07. The summed E-state index contributed by atoms with van der Waals surface area (Å²) in [6, 6.07) is 26.7. The molecule has 2 nitrogen and oxygen atoms in total. The molecule has 0 fully saturated rings. The first-order chi connectivity index (χ1) is 11.2. The van der Waals surface area contributed by atoms with Crippen LogP contribution in [0.25, 0.3) is 0 Å². The van der Waals surface area contributed by atoms with Crippen molar-refractivity contribution < 1.29 is 0 Å². The Hall–Kier alpha value is -2.87. The first-order valence-corrected chi connectivity index (χ1v) is 7.75. The van der Waals surface area contributed by atoms with E-state index in [1.165, 1.54) is 11.1 Å². The predicted octanol–water partition coefficient (Wildman–Crippen LogP) is 5.28. The lowest BCUT2D eigenvalue weighted by Gasteiger charge is -2.06. The van der Waals surface area contributed by atoms with Crippen LogP contribution in [0.4, 0.5) is 17.1 Å². The zero-order valence-corrected chi connectivity index (χ0v) is 13.5. The molecule has 2 heteroatoms. The molecule has 0 radical (unpaired) electrons. The fourth-order valence-electron chi connectivity index (χ4n) is 2.29. The second-order valence-corrected chi connectivity index (χ2v) is 5.65. The van der Waals surface area contributed by atoms with Crippen molar-refractivity contribution in [2.75, 3.05) is 5.32 Å². The van der Waals surface area contributed by atoms with Gasteiger partial charge in [0.25, 0.3) is 0 Å². The molecule has 0 aliphatic carbocycles. The van der Waals surface area contributed by atoms with Crippen LogP contribution in [0.5, 0.6) is 0 Å². The van der Waals surface area contributed by atoms with Gasteiger partial charge in [0.15, 0.2) is 0 Å². The number of rotatable bonds is 3. The minimum absolute atomic E-state index is 0.916. The quantitative estimate of drug-likeness (QED) is 0.699. The number of anilines is 2. The average Bonchev–Trinajstić information content (AvgIpc) is 2.77. The van der Waals surface area contributed by atoms with Gasteiger partial charge >= 0.3 is 0 Å². The van der Waals surface area contributed by atoms with Crippen LogP contribution in [0.2, 0.25) is 0 Å². The topological polar surface area (TPSA) is 24.4 Å². The maximum atomic E-state index is 4.77. The van der Waals surface area contributed by atoms with E-state index in [1.807, 2.05) is 42.5 Å². The normalized spacial score (nSPS) is 11.3. The molecule has 1 N–H and O–H groups in total. The highest BCUT2D eigenvalue weighted by atomic mass is 14.9. The number of aryl methyl sites for hydroxylation is 2. The minimum atomic E-state index is 0.916. The monoisotopic (exact) mass is 300 g/mol. The van der Waals surface area contributed by atoms with Gasteiger partial charge in [0.1, 0.15) is 0 Å². The van der Waals surface area contributed by atoms with Gasteiger partial charge in [-0.15, -0.1) is 0 Å². The third-order valence-electron chi connectivity index (χ3n) is 3.63. The standard InChI is InChI=1S/C21H20N2/c1-16-8-12-18(13-9-16)22-20-6-4-3-5-7-21(20)23-19-14-10-17(2)11-15-19/h3-15H,1-2H3,(H,22,23). The summed E-state index contributed by atoms with van der Waals surface area (Å²) < 4.78 is 0. The van der Waals surface area contributed by atoms with Gasteiger partial charge < -0.3 is 5.32 Å². The molecule has 3 aromatic rings. The molecule has 0 spiro atoms. The van der Waals surface area contributed by atoms with Gasteiger partial charge in [0, 0.05) is 5.69 Å². The second kappa shape index (κ2) is 6.93. The molecule has 0 saturated heterocycles. The van der Waals surface area contributed by atoms with Crippen molar-refractivity contribution in [3.63, 3.8) is 0 Å². The van der Waals surface area contributed by atoms with Crippen molar-refractivity contribution in [2.24, 2.45) is 4.99 Å². The highest BCUT2D eigenvalue weighted by Crippen LogP contribution is 2.15. The van der Waals surface area contributed by atoms with Gasteiger partial charge in [-0.25, -0.2) is 4.99 Å². The van der Waals surface area contributed by atoms with E-state index in [1.54, 1.807) is 0 Å². The summed E-state index contributed by atoms with van der Waals surface area (Å²) in [6.07, 6.45) is 0. The van der Waals surface area contributed by atoms with Crippen LogP contribution in [-0.2, 0) is 0 Å². The Labute approximate surface area is 137 Å². The van der Waals surface area contributed by atoms with Crippen molar-refractivity contribution in [3.8, 4) is 0 Å². The zero-order valence-electron chi connectivity index (χ0n) is 13.5. The summed E-state index contributed by atoms with van der Waals surface area (Å²) in [7, 11) is 0. The number of hydrogen-bond donors (Lipinski definition) is 1. The van der Waals surface area contributed by atoms with Crippen LogP contribution in [0.15, 0.2) is 83.9 Å². The van der Waals surface area contributed by atoms with Gasteiger partial charge in [-0.1, -0.05) is 53.6 Å². The summed E-state index contributed by atoms with van der Waals surface area (Å²) in [5.74, 6) is 0. The van der Waals surface area contributed by atoms with E-state index < -0.39 is 0 Å². The van der Waals surface area contributed by atoms with Crippen LogP contribution in [0.1, 0.15) is 11.1 Å². The van der Waals surface area contributed by atoms with Crippen LogP contribution in [0, 0.1) is 13.8 Å². The van der Waals surface area contributed by atoms with Crippen molar-refractivity contribution in [1.82, 2.24) is 0 Å². The number of nitrogens with one attached hydrogen (secondary N) is 1. The highest BCUT2D eigenvalue weighted by molar-refractivity contribution is 5.59. The summed E-state index contributed by atoms with van der Waals surface area (Å²) in [6.45, 7) is 4.17. The summed E-state index contributed by atoms with van der Waals surface area (Å²) >= 11 is 0. The second-order valence-electron chi connectivity index (χ2n) is 5.65. The highest BCUT2D eigenvalue weighted by Gasteiger charge is 1.97. The van der Waals surface area contributed by atoms with Gasteiger partial charge in [-0.05, 0) is 50.2 Å². The first kappa shape index (κ1) is 15.0. The first-order valence-electron chi connectivity index (χ1n) is 7.75. The van der Waals surface area contributed by atoms with E-state index >= 15 is 0 Å². The number of hydrogen-bond acceptors (Lipinski definition) is 2. The molecule has 0 bridgehead atoms. The molecule has 3 aromatic carbocycles. The Morgan fingerprint density at radius 3 is 1.96 bits per heavy atom. The van der Waals surface area contributed by atoms with Crippen molar-refractivity contribution in [2.45, 2.75) is 13.8 Å². The Morgan fingerprint density at radius 1 is 0.652 bits per heavy atom. The maximum Gasteiger partial charge on any atom is 0.0871 e. The molecule has 0 aliphatic rings. The number of nitrogens with zero attached hydrogens (tertiary/aromatic N) is 1. The molecule has 0 atom stereocenters. The average molecular weight is 300 g/mol. The fourth-order valence-corrected chi connectivity index (χ4v) is 2.29. The molecular formula is C21H20N2. The molecule has 0 unspecified atom stereocenters. The van der Waals surface area contributed by atoms with E-state index in [-0.39, 0.29) is 0 Å². The van der Waals surface area contributed by atoms with Crippen LogP contribution in [0.3, 0.4) is 0 Å². The van der Waals surface area contributed by atoms with Gasteiger partial charge in [-0.3, -0.25) is 0 Å². The summed E-state index contributed by atoms with van der Waals surface area (Å²) in [5, 5.41) is 4.37. The lowest BCUT2D eigenvalue weighted by atomic mass is 10.2. The molecule has 3 rings (SSSR count). The van der Waals surface area contributed by atoms with Crippen molar-refractivity contribution in [1.29, 1.82) is 0 Å². The van der Waals surface area contributed by atoms with Gasteiger partial charge in [-0.2, -0.15) is 0 Å². The lowest BCUT2D eigenvalue weighted by Crippen LogP contribution is -2.05. The number of benzene rings is 2. The van der Waals surface area contributed by atoms with E-state index in [0.29, 0.717) is 0 Å². The Balaban J connectivity index is 2.02. The Bertz CT molecular complexity index is 847. The largest absolute Gasteiger partial charge is 0.354 e. The molecule has 23 heavy (non-hydrogen) atoms. The van der Waals surface area contributed by atoms with Gasteiger partial charge in [0.05, 0.1) is 16.7 Å². The molecule has 0 aliphatic heterocycles. The third-order valence-corrected chi connectivity index (χ3v) is 3.63. The molecular weight excluding hydrogens is 280 g/mol. The van der Waals surface area contributed by atoms with Crippen molar-refractivity contribution in [3.05, 3.63) is 95.3 Å². The Kier molecular flexibility index (Phi) is 4.53. The van der Waals surface area contributed by atoms with E-state index in [4.69, 9.17) is 4.99 Å². The molecule has 0 aromatic heterocycles. The van der Waals surface area contributed by atoms with E-state index in [0.717, 1.165) is 22.4 Å². The van der Waals surface area contributed by atoms with Crippen molar-refractivity contribution >= 4 is 17.1 Å². The molecule has 114 valence electrons. The van der Waals surface area contributed by atoms with Crippen LogP contribution in [-0.4, -0.2) is 0 Å². The lowest BCUT2D eigenvalue weighted by molar-refractivity contribution is 1.33. The van der Waals surface area contributed by atoms with Crippen LogP contribution >= 0.6 is 0 Å². The summed E-state index contributed by atoms with van der Waals surface area (Å²) in [4.78, 5) is 4.77. The fraction of sp³-hybridized carbons (Fsp3) is 0.0952. The zero-order chi connectivity index (χ0) is 16.1. The van der Waals surface area contributed by atoms with Gasteiger partial charge in [0.2, 0.25) is 0 Å². The SMILES string of the molecule is Cc1ccc(N=c2cccccc2Nc2ccc(C)cc2)cc1. The molecule has 0 amide bonds. The predicted molar refractivity (Wildman–Crippen MR) is 97.3 cm³/mol. The van der Waals surface area contributed by atoms with E-state index in [9.17, 15) is 0 Å².